The van der Waals surface area contributed by atoms with Crippen molar-refractivity contribution in [1.29, 1.82) is 0 Å². The molecule has 0 fully saturated rings. The van der Waals surface area contributed by atoms with Crippen molar-refractivity contribution in [2.24, 2.45) is 5.73 Å². The van der Waals surface area contributed by atoms with Gasteiger partial charge in [-0.25, -0.2) is 0 Å². The van der Waals surface area contributed by atoms with Gasteiger partial charge in [-0.15, -0.1) is 0 Å². The third-order valence-corrected chi connectivity index (χ3v) is 3.50. The van der Waals surface area contributed by atoms with E-state index < -0.39 is 5.54 Å². The molecule has 0 aliphatic rings. The van der Waals surface area contributed by atoms with Crippen molar-refractivity contribution < 1.29 is 0 Å². The summed E-state index contributed by atoms with van der Waals surface area (Å²) in [4.78, 5) is 3.27. The third kappa shape index (κ3) is 1.80. The van der Waals surface area contributed by atoms with Crippen molar-refractivity contribution in [3.8, 4) is 0 Å². The van der Waals surface area contributed by atoms with Gasteiger partial charge in [0, 0.05) is 15.6 Å². The summed E-state index contributed by atoms with van der Waals surface area (Å²) in [5.41, 5.74) is 7.55. The second kappa shape index (κ2) is 3.51. The van der Waals surface area contributed by atoms with E-state index in [2.05, 4.69) is 20.9 Å². The Bertz CT molecular complexity index is 511. The summed E-state index contributed by atoms with van der Waals surface area (Å²) in [5, 5.41) is 1.78. The molecule has 0 spiro atoms. The Morgan fingerprint density at radius 1 is 1.40 bits per heavy atom. The average molecular weight is 288 g/mol. The minimum Gasteiger partial charge on any atom is -0.355 e. The highest BCUT2D eigenvalue weighted by Gasteiger charge is 2.22. The van der Waals surface area contributed by atoms with E-state index in [1.807, 2.05) is 32.0 Å². The van der Waals surface area contributed by atoms with Crippen molar-refractivity contribution in [1.82, 2.24) is 4.98 Å². The zero-order valence-electron chi connectivity index (χ0n) is 8.57. The predicted octanol–water partition coefficient (Wildman–Crippen LogP) is 3.78. The van der Waals surface area contributed by atoms with E-state index in [1.165, 1.54) is 0 Å². The van der Waals surface area contributed by atoms with Crippen LogP contribution < -0.4 is 5.73 Å². The van der Waals surface area contributed by atoms with Crippen molar-refractivity contribution >= 4 is 38.4 Å². The fourth-order valence-corrected chi connectivity index (χ4v) is 2.75. The number of aromatic nitrogens is 1. The summed E-state index contributed by atoms with van der Waals surface area (Å²) in [6.07, 6.45) is 0. The number of benzene rings is 1. The highest BCUT2D eigenvalue weighted by atomic mass is 79.9. The van der Waals surface area contributed by atoms with Gasteiger partial charge in [0.15, 0.2) is 0 Å². The fraction of sp³-hybridized carbons (Fsp3) is 0.273. The van der Waals surface area contributed by atoms with Gasteiger partial charge < -0.3 is 10.7 Å². The van der Waals surface area contributed by atoms with Gasteiger partial charge in [-0.2, -0.15) is 0 Å². The summed E-state index contributed by atoms with van der Waals surface area (Å²) in [5.74, 6) is 0. The highest BCUT2D eigenvalue weighted by molar-refractivity contribution is 9.10. The van der Waals surface area contributed by atoms with Gasteiger partial charge in [-0.3, -0.25) is 0 Å². The maximum Gasteiger partial charge on any atom is 0.0657 e. The molecule has 0 saturated carbocycles. The summed E-state index contributed by atoms with van der Waals surface area (Å²) < 4.78 is 0.993. The van der Waals surface area contributed by atoms with Gasteiger partial charge in [0.25, 0.3) is 0 Å². The number of rotatable bonds is 1. The number of para-hydroxylation sites is 1. The Kier molecular flexibility index (Phi) is 2.57. The Morgan fingerprint density at radius 3 is 2.60 bits per heavy atom. The SMILES string of the molecule is CC(C)(N)c1[nH]c2c(Cl)cccc2c1Br. The van der Waals surface area contributed by atoms with Gasteiger partial charge in [-0.1, -0.05) is 23.7 Å². The van der Waals surface area contributed by atoms with Crippen molar-refractivity contribution in [3.63, 3.8) is 0 Å². The molecule has 0 saturated heterocycles. The van der Waals surface area contributed by atoms with Gasteiger partial charge in [0.05, 0.1) is 16.1 Å². The van der Waals surface area contributed by atoms with E-state index in [1.54, 1.807) is 0 Å². The predicted molar refractivity (Wildman–Crippen MR) is 68.2 cm³/mol. The standard InChI is InChI=1S/C11H12BrClN2/c1-11(2,14)10-8(12)6-4-3-5-7(13)9(6)15-10/h3-5,15H,14H2,1-2H3. The summed E-state index contributed by atoms with van der Waals surface area (Å²) >= 11 is 9.65. The molecule has 2 rings (SSSR count). The average Bonchev–Trinajstić information content (AvgIpc) is 2.45. The molecule has 80 valence electrons. The first-order valence-corrected chi connectivity index (χ1v) is 5.83. The number of hydrogen-bond donors (Lipinski definition) is 2. The Hall–Kier alpha value is -0.510. The van der Waals surface area contributed by atoms with Crippen LogP contribution in [0, 0.1) is 0 Å². The molecule has 2 aromatic rings. The van der Waals surface area contributed by atoms with Crippen LogP contribution in [0.3, 0.4) is 0 Å². The second-order valence-corrected chi connectivity index (χ2v) is 5.40. The molecule has 1 aromatic heterocycles. The largest absolute Gasteiger partial charge is 0.355 e. The van der Waals surface area contributed by atoms with Crippen LogP contribution in [0.4, 0.5) is 0 Å². The third-order valence-electron chi connectivity index (χ3n) is 2.36. The van der Waals surface area contributed by atoms with Crippen LogP contribution in [0.5, 0.6) is 0 Å². The van der Waals surface area contributed by atoms with Gasteiger partial charge >= 0.3 is 0 Å². The Labute approximate surface area is 102 Å². The van der Waals surface area contributed by atoms with E-state index >= 15 is 0 Å². The van der Waals surface area contributed by atoms with E-state index in [0.29, 0.717) is 5.02 Å². The van der Waals surface area contributed by atoms with E-state index in [4.69, 9.17) is 17.3 Å². The first-order chi connectivity index (χ1) is 6.91. The minimum atomic E-state index is -0.415. The molecule has 0 aliphatic carbocycles. The molecule has 15 heavy (non-hydrogen) atoms. The number of aromatic amines is 1. The lowest BCUT2D eigenvalue weighted by molar-refractivity contribution is 0.537. The van der Waals surface area contributed by atoms with Gasteiger partial charge in [-0.05, 0) is 35.8 Å². The van der Waals surface area contributed by atoms with Gasteiger partial charge in [0.1, 0.15) is 0 Å². The van der Waals surface area contributed by atoms with Crippen LogP contribution in [0.25, 0.3) is 10.9 Å². The summed E-state index contributed by atoms with van der Waals surface area (Å²) in [6.45, 7) is 3.91. The number of nitrogens with two attached hydrogens (primary N) is 1. The topological polar surface area (TPSA) is 41.8 Å². The molecule has 4 heteroatoms. The molecule has 0 unspecified atom stereocenters. The van der Waals surface area contributed by atoms with Crippen molar-refractivity contribution in [2.75, 3.05) is 0 Å². The maximum absolute atomic E-state index is 6.10. The van der Waals surface area contributed by atoms with Crippen LogP contribution in [-0.4, -0.2) is 4.98 Å². The molecule has 3 N–H and O–H groups in total. The molecule has 0 atom stereocenters. The quantitative estimate of drug-likeness (QED) is 0.823. The molecule has 0 bridgehead atoms. The van der Waals surface area contributed by atoms with Crippen molar-refractivity contribution in [3.05, 3.63) is 33.4 Å². The van der Waals surface area contributed by atoms with E-state index in [0.717, 1.165) is 21.1 Å². The minimum absolute atomic E-state index is 0.415. The fourth-order valence-electron chi connectivity index (χ4n) is 1.59. The monoisotopic (exact) mass is 286 g/mol. The molecular weight excluding hydrogens is 275 g/mol. The Balaban J connectivity index is 2.81. The zero-order valence-corrected chi connectivity index (χ0v) is 10.9. The first-order valence-electron chi connectivity index (χ1n) is 4.66. The van der Waals surface area contributed by atoms with Crippen LogP contribution in [-0.2, 0) is 5.54 Å². The molecule has 0 amide bonds. The number of nitrogens with one attached hydrogen (secondary N) is 1. The molecule has 1 aromatic carbocycles. The zero-order chi connectivity index (χ0) is 11.2. The second-order valence-electron chi connectivity index (χ2n) is 4.20. The Morgan fingerprint density at radius 2 is 2.07 bits per heavy atom. The summed E-state index contributed by atoms with van der Waals surface area (Å²) in [6, 6.07) is 5.80. The van der Waals surface area contributed by atoms with Crippen LogP contribution in [0.2, 0.25) is 5.02 Å². The van der Waals surface area contributed by atoms with Crippen LogP contribution in [0.1, 0.15) is 19.5 Å². The number of halogens is 2. The molecule has 2 nitrogen and oxygen atoms in total. The van der Waals surface area contributed by atoms with Crippen LogP contribution in [0.15, 0.2) is 22.7 Å². The number of hydrogen-bond acceptors (Lipinski definition) is 1. The lowest BCUT2D eigenvalue weighted by Crippen LogP contribution is -2.29. The van der Waals surface area contributed by atoms with Crippen LogP contribution >= 0.6 is 27.5 Å². The summed E-state index contributed by atoms with van der Waals surface area (Å²) in [7, 11) is 0. The van der Waals surface area contributed by atoms with Gasteiger partial charge in [0.2, 0.25) is 0 Å². The smallest absolute Gasteiger partial charge is 0.0657 e. The lowest BCUT2D eigenvalue weighted by Gasteiger charge is -2.17. The number of fused-ring (bicyclic) bond motifs is 1. The van der Waals surface area contributed by atoms with E-state index in [9.17, 15) is 0 Å². The number of H-pyrrole nitrogens is 1. The molecular formula is C11H12BrClN2. The highest BCUT2D eigenvalue weighted by Crippen LogP contribution is 2.35. The molecule has 1 heterocycles. The normalized spacial score (nSPS) is 12.3. The van der Waals surface area contributed by atoms with Crippen molar-refractivity contribution in [2.45, 2.75) is 19.4 Å². The molecule has 0 aliphatic heterocycles. The van der Waals surface area contributed by atoms with E-state index in [-0.39, 0.29) is 0 Å². The first kappa shape index (κ1) is 11.0. The molecule has 0 radical (unpaired) electrons. The lowest BCUT2D eigenvalue weighted by atomic mass is 10.0. The maximum atomic E-state index is 6.10.